The van der Waals surface area contributed by atoms with E-state index in [1.807, 2.05) is 30.5 Å². The molecule has 0 radical (unpaired) electrons. The number of hydrogen-bond donors (Lipinski definition) is 2. The minimum absolute atomic E-state index is 0.184. The fourth-order valence-electron chi connectivity index (χ4n) is 1.71. The molecule has 0 aromatic heterocycles. The molecule has 1 rings (SSSR count). The number of nitrogens with zero attached hydrogens (tertiary/aromatic N) is 1. The topological polar surface area (TPSA) is 52.6 Å². The van der Waals surface area contributed by atoms with Crippen molar-refractivity contribution in [3.05, 3.63) is 29.8 Å². The first-order chi connectivity index (χ1) is 8.81. The molecule has 0 saturated carbocycles. The maximum Gasteiger partial charge on any atom is 0.317 e. The Morgan fingerprint density at radius 1 is 1.37 bits per heavy atom. The highest BCUT2D eigenvalue weighted by Crippen LogP contribution is 2.14. The first-order valence-corrected chi connectivity index (χ1v) is 7.38. The van der Waals surface area contributed by atoms with Crippen LogP contribution in [0.15, 0.2) is 29.2 Å². The van der Waals surface area contributed by atoms with Crippen LogP contribution in [0.5, 0.6) is 0 Å². The molecule has 1 aromatic rings. The van der Waals surface area contributed by atoms with Crippen molar-refractivity contribution in [1.29, 1.82) is 0 Å². The van der Waals surface area contributed by atoms with Crippen molar-refractivity contribution >= 4 is 17.8 Å². The predicted molar refractivity (Wildman–Crippen MR) is 79.4 cm³/mol. The quantitative estimate of drug-likeness (QED) is 0.815. The summed E-state index contributed by atoms with van der Waals surface area (Å²) in [6.45, 7) is 4.14. The molecule has 2 N–H and O–H groups in total. The van der Waals surface area contributed by atoms with Crippen LogP contribution in [-0.2, 0) is 6.54 Å². The van der Waals surface area contributed by atoms with E-state index in [1.54, 1.807) is 32.7 Å². The lowest BCUT2D eigenvalue weighted by molar-refractivity contribution is 0.0531. The summed E-state index contributed by atoms with van der Waals surface area (Å²) in [5.41, 5.74) is 0.175. The molecule has 0 unspecified atom stereocenters. The van der Waals surface area contributed by atoms with Gasteiger partial charge in [-0.1, -0.05) is 12.1 Å². The summed E-state index contributed by atoms with van der Waals surface area (Å²) in [7, 11) is 1.67. The SMILES string of the molecule is CSc1ccc(CNC(=O)N(C)CC(C)(C)O)cc1. The standard InChI is InChI=1S/C14H22N2O2S/c1-14(2,18)10-16(3)13(17)15-9-11-5-7-12(19-4)8-6-11/h5-8,18H,9-10H2,1-4H3,(H,15,17). The van der Waals surface area contributed by atoms with Gasteiger partial charge in [0, 0.05) is 18.5 Å². The van der Waals surface area contributed by atoms with Crippen LogP contribution in [0.1, 0.15) is 19.4 Å². The van der Waals surface area contributed by atoms with Crippen LogP contribution in [0.25, 0.3) is 0 Å². The number of benzene rings is 1. The van der Waals surface area contributed by atoms with Gasteiger partial charge in [-0.15, -0.1) is 11.8 Å². The van der Waals surface area contributed by atoms with Gasteiger partial charge in [0.1, 0.15) is 0 Å². The Morgan fingerprint density at radius 3 is 2.42 bits per heavy atom. The number of rotatable bonds is 5. The molecule has 0 aliphatic rings. The van der Waals surface area contributed by atoms with E-state index in [9.17, 15) is 9.90 Å². The van der Waals surface area contributed by atoms with Crippen LogP contribution in [0.3, 0.4) is 0 Å². The fourth-order valence-corrected chi connectivity index (χ4v) is 2.12. The van der Waals surface area contributed by atoms with E-state index in [4.69, 9.17) is 0 Å². The number of thioether (sulfide) groups is 1. The molecule has 4 nitrogen and oxygen atoms in total. The average molecular weight is 282 g/mol. The highest BCUT2D eigenvalue weighted by molar-refractivity contribution is 7.98. The minimum Gasteiger partial charge on any atom is -0.389 e. The van der Waals surface area contributed by atoms with Gasteiger partial charge in [-0.05, 0) is 37.8 Å². The summed E-state index contributed by atoms with van der Waals surface area (Å²) < 4.78 is 0. The van der Waals surface area contributed by atoms with E-state index in [0.29, 0.717) is 13.1 Å². The third kappa shape index (κ3) is 5.98. The monoisotopic (exact) mass is 282 g/mol. The van der Waals surface area contributed by atoms with Crippen molar-refractivity contribution in [2.24, 2.45) is 0 Å². The molecule has 0 saturated heterocycles. The minimum atomic E-state index is -0.883. The van der Waals surface area contributed by atoms with Gasteiger partial charge in [0.15, 0.2) is 0 Å². The summed E-state index contributed by atoms with van der Waals surface area (Å²) in [6.07, 6.45) is 2.03. The Kier molecular flexibility index (Phi) is 5.69. The van der Waals surface area contributed by atoms with E-state index in [2.05, 4.69) is 5.32 Å². The normalized spacial score (nSPS) is 11.2. The van der Waals surface area contributed by atoms with Crippen molar-refractivity contribution < 1.29 is 9.90 Å². The van der Waals surface area contributed by atoms with E-state index >= 15 is 0 Å². The molecular formula is C14H22N2O2S. The number of amides is 2. The lowest BCUT2D eigenvalue weighted by atomic mass is 10.1. The van der Waals surface area contributed by atoms with Gasteiger partial charge < -0.3 is 15.3 Å². The van der Waals surface area contributed by atoms with Gasteiger partial charge >= 0.3 is 6.03 Å². The summed E-state index contributed by atoms with van der Waals surface area (Å²) in [4.78, 5) is 14.5. The Morgan fingerprint density at radius 2 is 1.95 bits per heavy atom. The van der Waals surface area contributed by atoms with Crippen LogP contribution >= 0.6 is 11.8 Å². The molecule has 19 heavy (non-hydrogen) atoms. The largest absolute Gasteiger partial charge is 0.389 e. The Labute approximate surface area is 119 Å². The molecule has 5 heteroatoms. The molecule has 0 aliphatic heterocycles. The predicted octanol–water partition coefficient (Wildman–Crippen LogP) is 2.32. The number of carbonyl (C=O) groups excluding carboxylic acids is 1. The second-order valence-electron chi connectivity index (χ2n) is 5.18. The third-order valence-electron chi connectivity index (χ3n) is 2.57. The van der Waals surface area contributed by atoms with Crippen LogP contribution in [0, 0.1) is 0 Å². The lowest BCUT2D eigenvalue weighted by Gasteiger charge is -2.25. The molecule has 0 atom stereocenters. The van der Waals surface area contributed by atoms with Gasteiger partial charge in [-0.2, -0.15) is 0 Å². The number of likely N-dealkylation sites (N-methyl/N-ethyl adjacent to an activating group) is 1. The summed E-state index contributed by atoms with van der Waals surface area (Å²) in [5.74, 6) is 0. The summed E-state index contributed by atoms with van der Waals surface area (Å²) in [6, 6.07) is 7.89. The molecular weight excluding hydrogens is 260 g/mol. The van der Waals surface area contributed by atoms with Gasteiger partial charge in [0.05, 0.1) is 12.1 Å². The number of aliphatic hydroxyl groups is 1. The lowest BCUT2D eigenvalue weighted by Crippen LogP contribution is -2.44. The zero-order valence-electron chi connectivity index (χ0n) is 11.9. The smallest absolute Gasteiger partial charge is 0.317 e. The van der Waals surface area contributed by atoms with Gasteiger partial charge in [-0.3, -0.25) is 0 Å². The molecule has 0 heterocycles. The van der Waals surface area contributed by atoms with Crippen molar-refractivity contribution in [3.63, 3.8) is 0 Å². The highest BCUT2D eigenvalue weighted by atomic mass is 32.2. The molecule has 1 aromatic carbocycles. The molecule has 0 spiro atoms. The third-order valence-corrected chi connectivity index (χ3v) is 3.32. The van der Waals surface area contributed by atoms with E-state index in [-0.39, 0.29) is 6.03 Å². The van der Waals surface area contributed by atoms with E-state index in [1.165, 1.54) is 9.80 Å². The van der Waals surface area contributed by atoms with Crippen molar-refractivity contribution in [2.75, 3.05) is 19.8 Å². The highest BCUT2D eigenvalue weighted by Gasteiger charge is 2.18. The maximum absolute atomic E-state index is 11.8. The van der Waals surface area contributed by atoms with Gasteiger partial charge in [0.2, 0.25) is 0 Å². The van der Waals surface area contributed by atoms with Crippen LogP contribution in [-0.4, -0.2) is 41.5 Å². The maximum atomic E-state index is 11.8. The first-order valence-electron chi connectivity index (χ1n) is 6.16. The van der Waals surface area contributed by atoms with Crippen LogP contribution in [0.2, 0.25) is 0 Å². The van der Waals surface area contributed by atoms with Crippen molar-refractivity contribution in [1.82, 2.24) is 10.2 Å². The molecule has 0 fully saturated rings. The van der Waals surface area contributed by atoms with E-state index in [0.717, 1.165) is 5.56 Å². The fraction of sp³-hybridized carbons (Fsp3) is 0.500. The second kappa shape index (κ2) is 6.82. The van der Waals surface area contributed by atoms with Gasteiger partial charge in [0.25, 0.3) is 0 Å². The first kappa shape index (κ1) is 15.9. The summed E-state index contributed by atoms with van der Waals surface area (Å²) >= 11 is 1.69. The number of hydrogen-bond acceptors (Lipinski definition) is 3. The Balaban J connectivity index is 2.45. The van der Waals surface area contributed by atoms with Crippen LogP contribution in [0.4, 0.5) is 4.79 Å². The van der Waals surface area contributed by atoms with Crippen LogP contribution < -0.4 is 5.32 Å². The zero-order chi connectivity index (χ0) is 14.5. The van der Waals surface area contributed by atoms with Crippen molar-refractivity contribution in [2.45, 2.75) is 30.9 Å². The second-order valence-corrected chi connectivity index (χ2v) is 6.05. The number of nitrogens with one attached hydrogen (secondary N) is 1. The molecule has 2 amide bonds. The molecule has 106 valence electrons. The van der Waals surface area contributed by atoms with Gasteiger partial charge in [-0.25, -0.2) is 4.79 Å². The average Bonchev–Trinajstić information content (AvgIpc) is 2.34. The Hall–Kier alpha value is -1.20. The Bertz CT molecular complexity index is 412. The number of carbonyl (C=O) groups is 1. The zero-order valence-corrected chi connectivity index (χ0v) is 12.8. The summed E-state index contributed by atoms with van der Waals surface area (Å²) in [5, 5.41) is 12.5. The van der Waals surface area contributed by atoms with Crippen molar-refractivity contribution in [3.8, 4) is 0 Å². The molecule has 0 bridgehead atoms. The molecule has 0 aliphatic carbocycles. The van der Waals surface area contributed by atoms with E-state index < -0.39 is 5.60 Å². The number of urea groups is 1.